The minimum Gasteiger partial charge on any atom is -0.353 e. The van der Waals surface area contributed by atoms with Crippen LogP contribution in [0.4, 0.5) is 0 Å². The van der Waals surface area contributed by atoms with Crippen LogP contribution in [-0.4, -0.2) is 31.4 Å². The van der Waals surface area contributed by atoms with Gasteiger partial charge >= 0.3 is 0 Å². The highest BCUT2D eigenvalue weighted by Gasteiger charge is 2.15. The predicted octanol–water partition coefficient (Wildman–Crippen LogP) is 2.98. The zero-order chi connectivity index (χ0) is 15.1. The Balaban J connectivity index is 2.63. The van der Waals surface area contributed by atoms with Crippen molar-refractivity contribution < 1.29 is 14.3 Å². The lowest BCUT2D eigenvalue weighted by molar-refractivity contribution is -0.120. The molecule has 1 rings (SSSR count). The van der Waals surface area contributed by atoms with E-state index in [4.69, 9.17) is 9.47 Å². The van der Waals surface area contributed by atoms with Crippen LogP contribution in [0.25, 0.3) is 0 Å². The summed E-state index contributed by atoms with van der Waals surface area (Å²) in [6, 6.07) is 8.02. The van der Waals surface area contributed by atoms with E-state index >= 15 is 0 Å². The molecule has 1 aromatic carbocycles. The number of carbonyl (C=O) groups is 1. The molecule has 1 unspecified atom stereocenters. The minimum absolute atomic E-state index is 0.0562. The molecule has 1 N–H and O–H groups in total. The number of methoxy groups -OCH3 is 2. The quantitative estimate of drug-likeness (QED) is 0.621. The Morgan fingerprint density at radius 3 is 2.10 bits per heavy atom. The van der Waals surface area contributed by atoms with Gasteiger partial charge in [0, 0.05) is 30.7 Å². The molecule has 4 nitrogen and oxygen atoms in total. The van der Waals surface area contributed by atoms with Gasteiger partial charge in [0.15, 0.2) is 6.29 Å². The van der Waals surface area contributed by atoms with Gasteiger partial charge in [-0.3, -0.25) is 4.79 Å². The maximum absolute atomic E-state index is 11.9. The second-order valence-electron chi connectivity index (χ2n) is 4.80. The predicted molar refractivity (Wildman–Crippen MR) is 81.8 cm³/mol. The Morgan fingerprint density at radius 2 is 1.65 bits per heavy atom. The van der Waals surface area contributed by atoms with E-state index in [0.29, 0.717) is 0 Å². The molecule has 1 aromatic rings. The van der Waals surface area contributed by atoms with Crippen LogP contribution in [0, 0.1) is 0 Å². The highest BCUT2D eigenvalue weighted by molar-refractivity contribution is 8.00. The highest BCUT2D eigenvalue weighted by atomic mass is 32.2. The molecule has 0 aliphatic carbocycles. The summed E-state index contributed by atoms with van der Waals surface area (Å²) in [4.78, 5) is 12.9. The fraction of sp³-hybridized carbons (Fsp3) is 0.533. The van der Waals surface area contributed by atoms with Gasteiger partial charge in [-0.05, 0) is 32.9 Å². The van der Waals surface area contributed by atoms with Gasteiger partial charge in [-0.25, -0.2) is 0 Å². The summed E-state index contributed by atoms with van der Waals surface area (Å²) in [5.41, 5.74) is 0.957. The van der Waals surface area contributed by atoms with Gasteiger partial charge in [-0.15, -0.1) is 11.8 Å². The first-order chi connectivity index (χ1) is 9.47. The average Bonchev–Trinajstić information content (AvgIpc) is 2.41. The SMILES string of the molecule is COC(OC)c1ccc(SC(C)C(=O)NC(C)C)cc1. The Morgan fingerprint density at radius 1 is 1.10 bits per heavy atom. The number of hydrogen-bond acceptors (Lipinski definition) is 4. The summed E-state index contributed by atoms with van der Waals surface area (Å²) < 4.78 is 10.4. The number of amides is 1. The summed E-state index contributed by atoms with van der Waals surface area (Å²) in [6.45, 7) is 5.82. The molecule has 1 amide bonds. The molecule has 0 spiro atoms. The monoisotopic (exact) mass is 297 g/mol. The van der Waals surface area contributed by atoms with E-state index < -0.39 is 0 Å². The third-order valence-corrected chi connectivity index (χ3v) is 3.81. The topological polar surface area (TPSA) is 47.6 Å². The second kappa shape index (κ2) is 8.29. The zero-order valence-corrected chi connectivity index (χ0v) is 13.5. The van der Waals surface area contributed by atoms with Crippen LogP contribution in [0.2, 0.25) is 0 Å². The summed E-state index contributed by atoms with van der Waals surface area (Å²) in [5.74, 6) is 0.0562. The molecule has 0 aliphatic heterocycles. The molecule has 1 atom stereocenters. The molecule has 5 heteroatoms. The van der Waals surface area contributed by atoms with E-state index in [-0.39, 0.29) is 23.5 Å². The molecule has 0 saturated carbocycles. The smallest absolute Gasteiger partial charge is 0.233 e. The van der Waals surface area contributed by atoms with Crippen molar-refractivity contribution in [2.24, 2.45) is 0 Å². The molecule has 0 aliphatic rings. The molecule has 0 bridgehead atoms. The van der Waals surface area contributed by atoms with Crippen LogP contribution in [0.1, 0.15) is 32.6 Å². The van der Waals surface area contributed by atoms with E-state index in [2.05, 4.69) is 5.32 Å². The van der Waals surface area contributed by atoms with Gasteiger partial charge in [-0.1, -0.05) is 12.1 Å². The Labute approximate surface area is 125 Å². The van der Waals surface area contributed by atoms with E-state index in [0.717, 1.165) is 10.5 Å². The summed E-state index contributed by atoms with van der Waals surface area (Å²) in [6.07, 6.45) is -0.351. The summed E-state index contributed by atoms with van der Waals surface area (Å²) in [5, 5.41) is 2.79. The van der Waals surface area contributed by atoms with Crippen molar-refractivity contribution in [2.45, 2.75) is 43.2 Å². The van der Waals surface area contributed by atoms with Gasteiger partial charge in [0.25, 0.3) is 0 Å². The van der Waals surface area contributed by atoms with Crippen molar-refractivity contribution in [1.82, 2.24) is 5.32 Å². The van der Waals surface area contributed by atoms with Crippen LogP contribution >= 0.6 is 11.8 Å². The molecule has 20 heavy (non-hydrogen) atoms. The first-order valence-electron chi connectivity index (χ1n) is 6.60. The van der Waals surface area contributed by atoms with Gasteiger partial charge in [0.05, 0.1) is 5.25 Å². The maximum atomic E-state index is 11.9. The van der Waals surface area contributed by atoms with Crippen LogP contribution in [-0.2, 0) is 14.3 Å². The number of carbonyl (C=O) groups excluding carboxylic acids is 1. The van der Waals surface area contributed by atoms with Gasteiger partial charge in [-0.2, -0.15) is 0 Å². The molecule has 112 valence electrons. The fourth-order valence-electron chi connectivity index (χ4n) is 1.73. The summed E-state index contributed by atoms with van der Waals surface area (Å²) >= 11 is 1.54. The molecule has 0 fully saturated rings. The molecule has 0 saturated heterocycles. The number of thioether (sulfide) groups is 1. The van der Waals surface area contributed by atoms with Crippen LogP contribution < -0.4 is 5.32 Å². The normalized spacial score (nSPS) is 12.8. The lowest BCUT2D eigenvalue weighted by Gasteiger charge is -2.16. The largest absolute Gasteiger partial charge is 0.353 e. The highest BCUT2D eigenvalue weighted by Crippen LogP contribution is 2.26. The minimum atomic E-state index is -0.351. The van der Waals surface area contributed by atoms with Crippen molar-refractivity contribution in [3.63, 3.8) is 0 Å². The number of nitrogens with one attached hydrogen (secondary N) is 1. The third kappa shape index (κ3) is 5.15. The lowest BCUT2D eigenvalue weighted by Crippen LogP contribution is -2.35. The van der Waals surface area contributed by atoms with Gasteiger partial charge in [0.1, 0.15) is 0 Å². The number of hydrogen-bond donors (Lipinski definition) is 1. The van der Waals surface area contributed by atoms with E-state index in [1.807, 2.05) is 45.0 Å². The van der Waals surface area contributed by atoms with Gasteiger partial charge in [0.2, 0.25) is 5.91 Å². The first-order valence-corrected chi connectivity index (χ1v) is 7.48. The lowest BCUT2D eigenvalue weighted by atomic mass is 10.2. The fourth-order valence-corrected chi connectivity index (χ4v) is 2.61. The van der Waals surface area contributed by atoms with Gasteiger partial charge < -0.3 is 14.8 Å². The van der Waals surface area contributed by atoms with Crippen molar-refractivity contribution in [3.8, 4) is 0 Å². The van der Waals surface area contributed by atoms with Crippen molar-refractivity contribution in [2.75, 3.05) is 14.2 Å². The second-order valence-corrected chi connectivity index (χ2v) is 6.21. The number of benzene rings is 1. The van der Waals surface area contributed by atoms with Crippen molar-refractivity contribution >= 4 is 17.7 Å². The average molecular weight is 297 g/mol. The molecular weight excluding hydrogens is 274 g/mol. The van der Waals surface area contributed by atoms with Crippen molar-refractivity contribution in [1.29, 1.82) is 0 Å². The van der Waals surface area contributed by atoms with Crippen LogP contribution in [0.5, 0.6) is 0 Å². The third-order valence-electron chi connectivity index (χ3n) is 2.69. The van der Waals surface area contributed by atoms with Crippen LogP contribution in [0.3, 0.4) is 0 Å². The van der Waals surface area contributed by atoms with E-state index in [9.17, 15) is 4.79 Å². The molecule has 0 heterocycles. The zero-order valence-electron chi connectivity index (χ0n) is 12.7. The maximum Gasteiger partial charge on any atom is 0.233 e. The molecular formula is C15H23NO3S. The Bertz CT molecular complexity index is 416. The first kappa shape index (κ1) is 17.0. The Hall–Kier alpha value is -1.04. The summed E-state index contributed by atoms with van der Waals surface area (Å²) in [7, 11) is 3.21. The van der Waals surface area contributed by atoms with E-state index in [1.165, 1.54) is 11.8 Å². The number of rotatable bonds is 7. The van der Waals surface area contributed by atoms with Crippen LogP contribution in [0.15, 0.2) is 29.2 Å². The molecule has 0 aromatic heterocycles. The van der Waals surface area contributed by atoms with E-state index in [1.54, 1.807) is 14.2 Å². The Kier molecular flexibility index (Phi) is 7.05. The van der Waals surface area contributed by atoms with Crippen molar-refractivity contribution in [3.05, 3.63) is 29.8 Å². The molecule has 0 radical (unpaired) electrons. The standard InChI is InChI=1S/C15H23NO3S/c1-10(2)16-14(17)11(3)20-13-8-6-12(7-9-13)15(18-4)19-5/h6-11,15H,1-5H3,(H,16,17). The number of ether oxygens (including phenoxy) is 2.